The lowest BCUT2D eigenvalue weighted by molar-refractivity contribution is 0.0532. The lowest BCUT2D eigenvalue weighted by Crippen LogP contribution is -2.36. The lowest BCUT2D eigenvalue weighted by Gasteiger charge is -2.01. The number of fused-ring (bicyclic) bond motifs is 1. The van der Waals surface area contributed by atoms with E-state index in [2.05, 4.69) is 0 Å². The van der Waals surface area contributed by atoms with E-state index in [1.807, 2.05) is 0 Å². The summed E-state index contributed by atoms with van der Waals surface area (Å²) in [6, 6.07) is 1.47. The van der Waals surface area contributed by atoms with Crippen LogP contribution in [0.4, 0.5) is 0 Å². The van der Waals surface area contributed by atoms with Gasteiger partial charge < -0.3 is 4.74 Å². The van der Waals surface area contributed by atoms with Crippen LogP contribution >= 0.6 is 11.3 Å². The minimum Gasteiger partial charge on any atom is -0.462 e. The third kappa shape index (κ3) is 1.76. The first kappa shape index (κ1) is 12.6. The summed E-state index contributed by atoms with van der Waals surface area (Å²) in [4.78, 5) is 36.0. The molecule has 0 aliphatic rings. The minimum absolute atomic E-state index is 0.268. The number of aromatic nitrogens is 2. The van der Waals surface area contributed by atoms with E-state index in [0.717, 1.165) is 15.9 Å². The zero-order valence-electron chi connectivity index (χ0n) is 10.2. The van der Waals surface area contributed by atoms with Crippen LogP contribution in [-0.4, -0.2) is 21.7 Å². The van der Waals surface area contributed by atoms with Crippen molar-refractivity contribution in [2.24, 2.45) is 14.1 Å². The monoisotopic (exact) mass is 268 g/mol. The Morgan fingerprint density at radius 3 is 2.61 bits per heavy atom. The van der Waals surface area contributed by atoms with Crippen LogP contribution in [0.3, 0.4) is 0 Å². The van der Waals surface area contributed by atoms with Crippen molar-refractivity contribution in [2.75, 3.05) is 6.61 Å². The van der Waals surface area contributed by atoms with Gasteiger partial charge in [0.05, 0.1) is 12.0 Å². The molecule has 96 valence electrons. The molecule has 0 saturated carbocycles. The highest BCUT2D eigenvalue weighted by Gasteiger charge is 2.16. The predicted molar refractivity (Wildman–Crippen MR) is 68.3 cm³/mol. The molecule has 0 aromatic carbocycles. The third-order valence-corrected chi connectivity index (χ3v) is 3.79. The molecule has 0 fully saturated rings. The normalized spacial score (nSPS) is 10.8. The fourth-order valence-corrected chi connectivity index (χ4v) is 2.66. The smallest absolute Gasteiger partial charge is 0.348 e. The number of hydrogen-bond donors (Lipinski definition) is 0. The van der Waals surface area contributed by atoms with E-state index in [0.29, 0.717) is 15.1 Å². The molecule has 2 rings (SSSR count). The Balaban J connectivity index is 2.77. The maximum atomic E-state index is 11.9. The Kier molecular flexibility index (Phi) is 3.08. The van der Waals surface area contributed by atoms with E-state index in [1.54, 1.807) is 14.0 Å². The summed E-state index contributed by atoms with van der Waals surface area (Å²) in [5, 5.41) is 0.354. The molecule has 6 nitrogen and oxygen atoms in total. The molecule has 0 bridgehead atoms. The van der Waals surface area contributed by atoms with Crippen molar-refractivity contribution < 1.29 is 9.53 Å². The molecule has 0 radical (unpaired) electrons. The summed E-state index contributed by atoms with van der Waals surface area (Å²) in [5.41, 5.74) is -0.815. The van der Waals surface area contributed by atoms with Gasteiger partial charge in [-0.15, -0.1) is 11.3 Å². The zero-order chi connectivity index (χ0) is 13.4. The maximum Gasteiger partial charge on any atom is 0.348 e. The number of ether oxygens (including phenoxy) is 1. The highest BCUT2D eigenvalue weighted by atomic mass is 32.1. The fraction of sp³-hybridized carbons (Fsp3) is 0.364. The van der Waals surface area contributed by atoms with Crippen LogP contribution in [0.5, 0.6) is 0 Å². The van der Waals surface area contributed by atoms with Gasteiger partial charge in [-0.05, 0) is 13.0 Å². The van der Waals surface area contributed by atoms with Crippen molar-refractivity contribution in [2.45, 2.75) is 6.92 Å². The van der Waals surface area contributed by atoms with Crippen LogP contribution in [0.2, 0.25) is 0 Å². The number of hydrogen-bond acceptors (Lipinski definition) is 5. The van der Waals surface area contributed by atoms with Gasteiger partial charge >= 0.3 is 11.7 Å². The number of aryl methyl sites for hydroxylation is 1. The number of esters is 1. The summed E-state index contributed by atoms with van der Waals surface area (Å²) in [7, 11) is 2.97. The van der Waals surface area contributed by atoms with Gasteiger partial charge in [0.15, 0.2) is 0 Å². The van der Waals surface area contributed by atoms with Crippen LogP contribution in [0, 0.1) is 0 Å². The summed E-state index contributed by atoms with van der Waals surface area (Å²) in [5.74, 6) is -0.479. The SMILES string of the molecule is CCOC(=O)c1cc2c(=O)n(C)c(=O)n(C)c2s1. The van der Waals surface area contributed by atoms with Gasteiger partial charge in [0.1, 0.15) is 9.71 Å². The van der Waals surface area contributed by atoms with Gasteiger partial charge in [-0.1, -0.05) is 0 Å². The Bertz CT molecular complexity index is 738. The maximum absolute atomic E-state index is 11.9. The molecule has 0 unspecified atom stereocenters. The quantitative estimate of drug-likeness (QED) is 0.743. The van der Waals surface area contributed by atoms with Crippen LogP contribution in [0.15, 0.2) is 15.7 Å². The predicted octanol–water partition coefficient (Wildman–Crippen LogP) is 0.475. The first-order chi connectivity index (χ1) is 8.47. The highest BCUT2D eigenvalue weighted by molar-refractivity contribution is 7.20. The topological polar surface area (TPSA) is 70.3 Å². The molecule has 2 heterocycles. The van der Waals surface area contributed by atoms with Gasteiger partial charge in [0.2, 0.25) is 0 Å². The van der Waals surface area contributed by atoms with Crippen LogP contribution in [-0.2, 0) is 18.8 Å². The van der Waals surface area contributed by atoms with Gasteiger partial charge in [-0.25, -0.2) is 9.59 Å². The molecule has 0 atom stereocenters. The second-order valence-corrected chi connectivity index (χ2v) is 4.79. The average molecular weight is 268 g/mol. The van der Waals surface area contributed by atoms with Crippen molar-refractivity contribution in [3.05, 3.63) is 31.8 Å². The van der Waals surface area contributed by atoms with Gasteiger partial charge in [0.25, 0.3) is 5.56 Å². The van der Waals surface area contributed by atoms with Crippen molar-refractivity contribution in [1.82, 2.24) is 9.13 Å². The number of carbonyl (C=O) groups is 1. The number of thiophene rings is 1. The van der Waals surface area contributed by atoms with Crippen LogP contribution < -0.4 is 11.2 Å². The summed E-state index contributed by atoms with van der Waals surface area (Å²) in [6.07, 6.45) is 0. The molecule has 0 amide bonds. The van der Waals surface area contributed by atoms with E-state index < -0.39 is 17.2 Å². The number of rotatable bonds is 2. The van der Waals surface area contributed by atoms with E-state index in [-0.39, 0.29) is 6.61 Å². The molecule has 0 spiro atoms. The van der Waals surface area contributed by atoms with E-state index in [4.69, 9.17) is 4.74 Å². The number of nitrogens with zero attached hydrogens (tertiary/aromatic N) is 2. The van der Waals surface area contributed by atoms with Crippen molar-refractivity contribution in [3.63, 3.8) is 0 Å². The van der Waals surface area contributed by atoms with Gasteiger partial charge in [-0.2, -0.15) is 0 Å². The van der Waals surface area contributed by atoms with Crippen LogP contribution in [0.25, 0.3) is 10.2 Å². The molecule has 18 heavy (non-hydrogen) atoms. The van der Waals surface area contributed by atoms with E-state index in [9.17, 15) is 14.4 Å². The van der Waals surface area contributed by atoms with Gasteiger partial charge in [-0.3, -0.25) is 13.9 Å². The molecule has 0 N–H and O–H groups in total. The van der Waals surface area contributed by atoms with E-state index in [1.165, 1.54) is 17.7 Å². The third-order valence-electron chi connectivity index (χ3n) is 2.60. The fourth-order valence-electron chi connectivity index (χ4n) is 1.67. The second-order valence-electron chi connectivity index (χ2n) is 3.76. The molecule has 2 aromatic heterocycles. The second kappa shape index (κ2) is 4.41. The van der Waals surface area contributed by atoms with Crippen molar-refractivity contribution >= 4 is 27.5 Å². The van der Waals surface area contributed by atoms with Gasteiger partial charge in [0, 0.05) is 14.1 Å². The Labute approximate surface area is 106 Å². The summed E-state index contributed by atoms with van der Waals surface area (Å²) >= 11 is 1.08. The van der Waals surface area contributed by atoms with Crippen molar-refractivity contribution in [1.29, 1.82) is 0 Å². The Morgan fingerprint density at radius 1 is 1.33 bits per heavy atom. The molecule has 0 saturated heterocycles. The molecular formula is C11H12N2O4S. The van der Waals surface area contributed by atoms with Crippen molar-refractivity contribution in [3.8, 4) is 0 Å². The van der Waals surface area contributed by atoms with Crippen LogP contribution in [0.1, 0.15) is 16.6 Å². The standard InChI is InChI=1S/C11H12N2O4S/c1-4-17-10(15)7-5-6-8(14)12(2)11(16)13(3)9(6)18-7/h5H,4H2,1-3H3. The summed E-state index contributed by atoms with van der Waals surface area (Å²) < 4.78 is 7.24. The van der Waals surface area contributed by atoms with E-state index >= 15 is 0 Å². The lowest BCUT2D eigenvalue weighted by atomic mass is 10.3. The Hall–Kier alpha value is -1.89. The first-order valence-electron chi connectivity index (χ1n) is 5.34. The molecule has 0 aliphatic carbocycles. The number of carbonyl (C=O) groups excluding carboxylic acids is 1. The minimum atomic E-state index is -0.479. The Morgan fingerprint density at radius 2 is 2.00 bits per heavy atom. The molecule has 7 heteroatoms. The average Bonchev–Trinajstić information content (AvgIpc) is 2.79. The highest BCUT2D eigenvalue weighted by Crippen LogP contribution is 2.22. The molecule has 0 aliphatic heterocycles. The molecule has 2 aromatic rings. The largest absolute Gasteiger partial charge is 0.462 e. The zero-order valence-corrected chi connectivity index (χ0v) is 11.0. The first-order valence-corrected chi connectivity index (χ1v) is 6.15. The molecular weight excluding hydrogens is 256 g/mol. The summed E-state index contributed by atoms with van der Waals surface area (Å²) in [6.45, 7) is 1.98.